The molecule has 3 rings (SSSR count). The van der Waals surface area contributed by atoms with Crippen LogP contribution in [0.4, 0.5) is 5.69 Å². The van der Waals surface area contributed by atoms with E-state index in [2.05, 4.69) is 28.2 Å². The molecule has 1 amide bonds. The van der Waals surface area contributed by atoms with E-state index in [-0.39, 0.29) is 17.8 Å². The highest BCUT2D eigenvalue weighted by molar-refractivity contribution is 7.99. The number of nitrogens with zero attached hydrogens (tertiary/aromatic N) is 3. The van der Waals surface area contributed by atoms with Gasteiger partial charge in [0.05, 0.1) is 5.75 Å². The normalized spacial score (nSPS) is 11.8. The number of aryl methyl sites for hydroxylation is 3. The Labute approximate surface area is 198 Å². The van der Waals surface area contributed by atoms with Crippen molar-refractivity contribution >= 4 is 35.0 Å². The van der Waals surface area contributed by atoms with Crippen molar-refractivity contribution in [2.24, 2.45) is 0 Å². The molecule has 1 N–H and O–H groups in total. The van der Waals surface area contributed by atoms with Crippen molar-refractivity contribution in [1.29, 1.82) is 0 Å². The summed E-state index contributed by atoms with van der Waals surface area (Å²) in [6.07, 6.45) is 1.42. The number of carbonyl (C=O) groups is 1. The number of hydrogen-bond donors (Lipinski definition) is 1. The molecule has 168 valence electrons. The number of ether oxygens (including phenoxy) is 1. The summed E-state index contributed by atoms with van der Waals surface area (Å²) in [6, 6.07) is 11.5. The molecule has 0 spiro atoms. The summed E-state index contributed by atoms with van der Waals surface area (Å²) in [7, 11) is 0. The van der Waals surface area contributed by atoms with Crippen molar-refractivity contribution in [2.75, 3.05) is 11.1 Å². The van der Waals surface area contributed by atoms with E-state index in [0.717, 1.165) is 28.1 Å². The fraction of sp³-hybridized carbons (Fsp3) is 0.292. The molecule has 32 heavy (non-hydrogen) atoms. The minimum absolute atomic E-state index is 0.101. The van der Waals surface area contributed by atoms with Crippen LogP contribution in [0.5, 0.6) is 5.75 Å². The molecule has 0 saturated heterocycles. The Bertz CT molecular complexity index is 1110. The molecular formula is C24H27ClN4O2S. The molecule has 1 atom stereocenters. The van der Waals surface area contributed by atoms with Crippen LogP contribution in [0.25, 0.3) is 0 Å². The van der Waals surface area contributed by atoms with Crippen molar-refractivity contribution in [1.82, 2.24) is 14.8 Å². The van der Waals surface area contributed by atoms with Crippen molar-refractivity contribution in [3.63, 3.8) is 0 Å². The number of thioether (sulfide) groups is 1. The molecule has 0 aliphatic rings. The summed E-state index contributed by atoms with van der Waals surface area (Å²) in [5.41, 5.74) is 3.94. The van der Waals surface area contributed by atoms with E-state index in [1.165, 1.54) is 11.8 Å². The first-order valence-electron chi connectivity index (χ1n) is 10.2. The third-order valence-corrected chi connectivity index (χ3v) is 5.90. The maximum atomic E-state index is 12.5. The number of aromatic nitrogens is 3. The van der Waals surface area contributed by atoms with Gasteiger partial charge < -0.3 is 10.1 Å². The van der Waals surface area contributed by atoms with Crippen LogP contribution in [0.2, 0.25) is 5.02 Å². The number of rotatable bonds is 9. The van der Waals surface area contributed by atoms with Crippen LogP contribution in [0.15, 0.2) is 54.2 Å². The molecule has 0 aliphatic carbocycles. The highest BCUT2D eigenvalue weighted by Gasteiger charge is 2.20. The van der Waals surface area contributed by atoms with Crippen molar-refractivity contribution in [3.8, 4) is 5.75 Å². The third kappa shape index (κ3) is 6.14. The van der Waals surface area contributed by atoms with Gasteiger partial charge in [-0.1, -0.05) is 35.5 Å². The number of amides is 1. The van der Waals surface area contributed by atoms with Crippen LogP contribution in [-0.2, 0) is 11.3 Å². The molecule has 1 heterocycles. The van der Waals surface area contributed by atoms with Gasteiger partial charge in [-0.2, -0.15) is 0 Å². The zero-order valence-corrected chi connectivity index (χ0v) is 20.3. The van der Waals surface area contributed by atoms with E-state index in [1.54, 1.807) is 12.1 Å². The third-order valence-electron chi connectivity index (χ3n) is 4.70. The van der Waals surface area contributed by atoms with Gasteiger partial charge in [-0.3, -0.25) is 9.36 Å². The topological polar surface area (TPSA) is 69.0 Å². The number of carbonyl (C=O) groups excluding carboxylic acids is 1. The molecule has 3 aromatic rings. The van der Waals surface area contributed by atoms with Gasteiger partial charge in [-0.05, 0) is 74.7 Å². The second-order valence-corrected chi connectivity index (χ2v) is 9.00. The second-order valence-electron chi connectivity index (χ2n) is 7.62. The number of benzene rings is 2. The Morgan fingerprint density at radius 2 is 1.94 bits per heavy atom. The predicted molar refractivity (Wildman–Crippen MR) is 131 cm³/mol. The summed E-state index contributed by atoms with van der Waals surface area (Å²) in [4.78, 5) is 12.5. The van der Waals surface area contributed by atoms with E-state index in [1.807, 2.05) is 56.5 Å². The lowest BCUT2D eigenvalue weighted by molar-refractivity contribution is -0.113. The van der Waals surface area contributed by atoms with Gasteiger partial charge >= 0.3 is 0 Å². The summed E-state index contributed by atoms with van der Waals surface area (Å²) >= 11 is 7.37. The van der Waals surface area contributed by atoms with Crippen molar-refractivity contribution in [2.45, 2.75) is 45.5 Å². The average Bonchev–Trinajstić information content (AvgIpc) is 3.11. The van der Waals surface area contributed by atoms with Gasteiger partial charge in [0.2, 0.25) is 5.91 Å². The van der Waals surface area contributed by atoms with E-state index in [4.69, 9.17) is 16.3 Å². The van der Waals surface area contributed by atoms with Crippen LogP contribution in [0.3, 0.4) is 0 Å². The van der Waals surface area contributed by atoms with Gasteiger partial charge in [-0.15, -0.1) is 16.8 Å². The largest absolute Gasteiger partial charge is 0.482 e. The molecule has 0 radical (unpaired) electrons. The monoisotopic (exact) mass is 470 g/mol. The fourth-order valence-electron chi connectivity index (χ4n) is 3.37. The summed E-state index contributed by atoms with van der Waals surface area (Å²) in [5, 5.41) is 12.9. The first-order valence-corrected chi connectivity index (χ1v) is 11.6. The molecule has 2 aromatic carbocycles. The molecular weight excluding hydrogens is 444 g/mol. The van der Waals surface area contributed by atoms with E-state index in [9.17, 15) is 4.79 Å². The van der Waals surface area contributed by atoms with E-state index < -0.39 is 0 Å². The van der Waals surface area contributed by atoms with Crippen LogP contribution in [0, 0.1) is 20.8 Å². The summed E-state index contributed by atoms with van der Waals surface area (Å²) in [6.45, 7) is 12.2. The van der Waals surface area contributed by atoms with Crippen LogP contribution < -0.4 is 10.1 Å². The van der Waals surface area contributed by atoms with E-state index in [0.29, 0.717) is 22.5 Å². The molecule has 0 fully saturated rings. The Morgan fingerprint density at radius 3 is 2.59 bits per heavy atom. The summed E-state index contributed by atoms with van der Waals surface area (Å²) in [5.74, 6) is 1.51. The minimum Gasteiger partial charge on any atom is -0.482 e. The lowest BCUT2D eigenvalue weighted by Crippen LogP contribution is -2.16. The number of allylic oxidation sites excluding steroid dienone is 1. The molecule has 1 unspecified atom stereocenters. The minimum atomic E-state index is -0.347. The quantitative estimate of drug-likeness (QED) is 0.311. The van der Waals surface area contributed by atoms with Gasteiger partial charge in [0.25, 0.3) is 0 Å². The second kappa shape index (κ2) is 10.7. The fourth-order valence-corrected chi connectivity index (χ4v) is 4.35. The highest BCUT2D eigenvalue weighted by atomic mass is 35.5. The van der Waals surface area contributed by atoms with Crippen LogP contribution in [0.1, 0.15) is 35.5 Å². The van der Waals surface area contributed by atoms with Gasteiger partial charge in [-0.25, -0.2) is 0 Å². The predicted octanol–water partition coefficient (Wildman–Crippen LogP) is 5.91. The highest BCUT2D eigenvalue weighted by Crippen LogP contribution is 2.28. The zero-order valence-electron chi connectivity index (χ0n) is 18.7. The summed E-state index contributed by atoms with van der Waals surface area (Å²) < 4.78 is 8.02. The lowest BCUT2D eigenvalue weighted by Gasteiger charge is -2.17. The van der Waals surface area contributed by atoms with Crippen LogP contribution in [-0.4, -0.2) is 26.4 Å². The van der Waals surface area contributed by atoms with Gasteiger partial charge in [0.1, 0.15) is 5.75 Å². The van der Waals surface area contributed by atoms with Gasteiger partial charge in [0, 0.05) is 17.3 Å². The number of halogens is 1. The Hall–Kier alpha value is -2.77. The Kier molecular flexibility index (Phi) is 7.99. The smallest absolute Gasteiger partial charge is 0.234 e. The first-order chi connectivity index (χ1) is 15.3. The average molecular weight is 471 g/mol. The zero-order chi connectivity index (χ0) is 23.3. The molecule has 1 aromatic heterocycles. The molecule has 6 nitrogen and oxygen atoms in total. The van der Waals surface area contributed by atoms with Crippen molar-refractivity contribution < 1.29 is 9.53 Å². The standard InChI is InChI=1S/C24H27ClN4O2S/c1-6-9-29-23(18(5)31-21-8-7-19(25)13-17(21)4)27-28-24(29)32-14-22(30)26-20-11-15(2)10-16(3)12-20/h6-8,10-13,18H,1,9,14H2,2-5H3,(H,26,30). The molecule has 0 aliphatic heterocycles. The number of hydrogen-bond acceptors (Lipinski definition) is 5. The number of nitrogens with one attached hydrogen (secondary N) is 1. The lowest BCUT2D eigenvalue weighted by atomic mass is 10.1. The molecule has 0 bridgehead atoms. The Balaban J connectivity index is 1.69. The SMILES string of the molecule is C=CCn1c(SCC(=O)Nc2cc(C)cc(C)c2)nnc1C(C)Oc1ccc(Cl)cc1C. The van der Waals surface area contributed by atoms with Crippen molar-refractivity contribution in [3.05, 3.63) is 76.6 Å². The maximum Gasteiger partial charge on any atom is 0.234 e. The first kappa shape index (κ1) is 23.9. The van der Waals surface area contributed by atoms with Crippen LogP contribution >= 0.6 is 23.4 Å². The Morgan fingerprint density at radius 1 is 1.22 bits per heavy atom. The maximum absolute atomic E-state index is 12.5. The molecule has 0 saturated carbocycles. The molecule has 8 heteroatoms. The van der Waals surface area contributed by atoms with E-state index >= 15 is 0 Å². The number of anilines is 1. The van der Waals surface area contributed by atoms with Gasteiger partial charge in [0.15, 0.2) is 17.1 Å².